The third-order valence-corrected chi connectivity index (χ3v) is 2.95. The van der Waals surface area contributed by atoms with Gasteiger partial charge in [0, 0.05) is 6.61 Å². The van der Waals surface area contributed by atoms with Crippen molar-refractivity contribution < 1.29 is 4.74 Å². The summed E-state index contributed by atoms with van der Waals surface area (Å²) in [4.78, 5) is 5.40. The SMILES string of the molecule is c1nn2cc(C3CCCO3)nc2s1. The molecule has 0 aromatic carbocycles. The molecule has 1 saturated heterocycles. The van der Waals surface area contributed by atoms with Crippen LogP contribution in [0.3, 0.4) is 0 Å². The van der Waals surface area contributed by atoms with E-state index < -0.39 is 0 Å². The minimum Gasteiger partial charge on any atom is -0.372 e. The van der Waals surface area contributed by atoms with E-state index in [0.29, 0.717) is 0 Å². The van der Waals surface area contributed by atoms with Crippen LogP contribution in [-0.4, -0.2) is 21.2 Å². The van der Waals surface area contributed by atoms with Crippen LogP contribution >= 0.6 is 11.3 Å². The van der Waals surface area contributed by atoms with E-state index in [2.05, 4.69) is 10.1 Å². The zero-order valence-corrected chi connectivity index (χ0v) is 7.83. The molecule has 0 bridgehead atoms. The zero-order chi connectivity index (χ0) is 8.67. The fourth-order valence-corrected chi connectivity index (χ4v) is 2.23. The van der Waals surface area contributed by atoms with Crippen molar-refractivity contribution in [2.75, 3.05) is 6.61 Å². The summed E-state index contributed by atoms with van der Waals surface area (Å²) < 4.78 is 7.35. The highest BCUT2D eigenvalue weighted by Crippen LogP contribution is 2.28. The Morgan fingerprint density at radius 3 is 3.38 bits per heavy atom. The van der Waals surface area contributed by atoms with Crippen LogP contribution in [0.2, 0.25) is 0 Å². The standard InChI is InChI=1S/C8H9N3OS/c1-2-7(12-3-1)6-4-11-8(10-6)13-5-9-11/h4-5,7H,1-3H2. The van der Waals surface area contributed by atoms with Crippen LogP contribution in [0.15, 0.2) is 11.7 Å². The molecule has 1 fully saturated rings. The van der Waals surface area contributed by atoms with Crippen LogP contribution in [0, 0.1) is 0 Å². The molecule has 0 spiro atoms. The summed E-state index contributed by atoms with van der Waals surface area (Å²) in [5.74, 6) is 0. The van der Waals surface area contributed by atoms with Gasteiger partial charge in [0.1, 0.15) is 11.6 Å². The van der Waals surface area contributed by atoms with Crippen molar-refractivity contribution >= 4 is 16.3 Å². The molecule has 4 nitrogen and oxygen atoms in total. The molecule has 0 radical (unpaired) electrons. The first-order valence-corrected chi connectivity index (χ1v) is 5.22. The van der Waals surface area contributed by atoms with Crippen LogP contribution in [0.4, 0.5) is 0 Å². The maximum Gasteiger partial charge on any atom is 0.212 e. The second-order valence-corrected chi connectivity index (χ2v) is 3.94. The van der Waals surface area contributed by atoms with Gasteiger partial charge in [-0.15, -0.1) is 0 Å². The van der Waals surface area contributed by atoms with Gasteiger partial charge in [0.25, 0.3) is 0 Å². The third kappa shape index (κ3) is 1.15. The van der Waals surface area contributed by atoms with Gasteiger partial charge in [-0.2, -0.15) is 5.10 Å². The highest BCUT2D eigenvalue weighted by Gasteiger charge is 2.20. The van der Waals surface area contributed by atoms with Crippen molar-refractivity contribution in [1.82, 2.24) is 14.6 Å². The van der Waals surface area contributed by atoms with Gasteiger partial charge in [0.05, 0.1) is 11.9 Å². The van der Waals surface area contributed by atoms with Gasteiger partial charge >= 0.3 is 0 Å². The first-order valence-electron chi connectivity index (χ1n) is 4.34. The van der Waals surface area contributed by atoms with Crippen LogP contribution in [0.1, 0.15) is 24.6 Å². The number of nitrogens with zero attached hydrogens (tertiary/aromatic N) is 3. The number of imidazole rings is 1. The Labute approximate surface area is 79.2 Å². The van der Waals surface area contributed by atoms with E-state index in [-0.39, 0.29) is 6.10 Å². The molecule has 5 heteroatoms. The summed E-state index contributed by atoms with van der Waals surface area (Å²) in [6.07, 6.45) is 4.39. The molecule has 2 aromatic heterocycles. The smallest absolute Gasteiger partial charge is 0.212 e. The molecule has 1 aliphatic rings. The van der Waals surface area contributed by atoms with Crippen molar-refractivity contribution in [3.05, 3.63) is 17.4 Å². The first kappa shape index (κ1) is 7.46. The van der Waals surface area contributed by atoms with Crippen LogP contribution in [0.5, 0.6) is 0 Å². The zero-order valence-electron chi connectivity index (χ0n) is 7.01. The van der Waals surface area contributed by atoms with Gasteiger partial charge in [-0.05, 0) is 12.8 Å². The lowest BCUT2D eigenvalue weighted by Crippen LogP contribution is -1.95. The molecule has 3 heterocycles. The Kier molecular flexibility index (Phi) is 1.60. The van der Waals surface area contributed by atoms with Gasteiger partial charge < -0.3 is 4.74 Å². The molecule has 1 atom stereocenters. The monoisotopic (exact) mass is 195 g/mol. The summed E-state index contributed by atoms with van der Waals surface area (Å²) in [6.45, 7) is 0.864. The van der Waals surface area contributed by atoms with Crippen molar-refractivity contribution in [2.24, 2.45) is 0 Å². The summed E-state index contributed by atoms with van der Waals surface area (Å²) in [5.41, 5.74) is 2.82. The molecule has 0 aliphatic carbocycles. The second-order valence-electron chi connectivity index (χ2n) is 3.13. The lowest BCUT2D eigenvalue weighted by Gasteiger charge is -2.02. The molecule has 3 rings (SSSR count). The average molecular weight is 195 g/mol. The summed E-state index contributed by atoms with van der Waals surface area (Å²) in [5, 5.41) is 4.13. The average Bonchev–Trinajstić information content (AvgIpc) is 2.78. The van der Waals surface area contributed by atoms with Crippen molar-refractivity contribution in [1.29, 1.82) is 0 Å². The van der Waals surface area contributed by atoms with Crippen LogP contribution < -0.4 is 0 Å². The van der Waals surface area contributed by atoms with Crippen LogP contribution in [0.25, 0.3) is 4.96 Å². The molecule has 1 aliphatic heterocycles. The number of hydrogen-bond acceptors (Lipinski definition) is 4. The van der Waals surface area contributed by atoms with Gasteiger partial charge in [-0.25, -0.2) is 9.50 Å². The lowest BCUT2D eigenvalue weighted by molar-refractivity contribution is 0.109. The molecule has 68 valence electrons. The number of rotatable bonds is 1. The van der Waals surface area contributed by atoms with Crippen molar-refractivity contribution in [2.45, 2.75) is 18.9 Å². The molecule has 13 heavy (non-hydrogen) atoms. The minimum absolute atomic E-state index is 0.203. The van der Waals surface area contributed by atoms with E-state index in [9.17, 15) is 0 Å². The molecular formula is C8H9N3OS. The number of hydrogen-bond donors (Lipinski definition) is 0. The van der Waals surface area contributed by atoms with Gasteiger partial charge in [0.15, 0.2) is 0 Å². The van der Waals surface area contributed by atoms with E-state index in [0.717, 1.165) is 30.1 Å². The fraction of sp³-hybridized carbons (Fsp3) is 0.500. The quantitative estimate of drug-likeness (QED) is 0.694. The van der Waals surface area contributed by atoms with Crippen LogP contribution in [-0.2, 0) is 4.74 Å². The maximum absolute atomic E-state index is 5.54. The van der Waals surface area contributed by atoms with E-state index in [1.807, 2.05) is 10.7 Å². The minimum atomic E-state index is 0.203. The Bertz CT molecular complexity index is 387. The summed E-state index contributed by atoms with van der Waals surface area (Å²) in [6, 6.07) is 0. The third-order valence-electron chi connectivity index (χ3n) is 2.26. The molecule has 2 aromatic rings. The number of ether oxygens (including phenoxy) is 1. The highest BCUT2D eigenvalue weighted by atomic mass is 32.1. The molecule has 0 saturated carbocycles. The predicted molar refractivity (Wildman–Crippen MR) is 48.8 cm³/mol. The van der Waals surface area contributed by atoms with Gasteiger partial charge in [-0.3, -0.25) is 0 Å². The predicted octanol–water partition coefficient (Wildman–Crippen LogP) is 1.64. The molecule has 0 amide bonds. The molecule has 1 unspecified atom stereocenters. The summed E-state index contributed by atoms with van der Waals surface area (Å²) >= 11 is 1.55. The van der Waals surface area contributed by atoms with Crippen molar-refractivity contribution in [3.63, 3.8) is 0 Å². The van der Waals surface area contributed by atoms with Crippen molar-refractivity contribution in [3.8, 4) is 0 Å². The molecular weight excluding hydrogens is 186 g/mol. The lowest BCUT2D eigenvalue weighted by atomic mass is 10.2. The fourth-order valence-electron chi connectivity index (χ4n) is 1.62. The number of fused-ring (bicyclic) bond motifs is 1. The Morgan fingerprint density at radius 1 is 1.62 bits per heavy atom. The molecule has 0 N–H and O–H groups in total. The van der Waals surface area contributed by atoms with E-state index in [4.69, 9.17) is 4.74 Å². The Morgan fingerprint density at radius 2 is 2.62 bits per heavy atom. The van der Waals surface area contributed by atoms with E-state index in [1.165, 1.54) is 0 Å². The second kappa shape index (κ2) is 2.78. The summed E-state index contributed by atoms with van der Waals surface area (Å²) in [7, 11) is 0. The van der Waals surface area contributed by atoms with E-state index in [1.54, 1.807) is 16.8 Å². The normalized spacial score (nSPS) is 22.9. The Hall–Kier alpha value is -0.940. The topological polar surface area (TPSA) is 39.4 Å². The van der Waals surface area contributed by atoms with E-state index >= 15 is 0 Å². The highest BCUT2D eigenvalue weighted by molar-refractivity contribution is 7.14. The van der Waals surface area contributed by atoms with Gasteiger partial charge in [-0.1, -0.05) is 11.3 Å². The Balaban J connectivity index is 2.02. The maximum atomic E-state index is 5.54. The largest absolute Gasteiger partial charge is 0.372 e. The van der Waals surface area contributed by atoms with Gasteiger partial charge in [0.2, 0.25) is 4.96 Å². The number of aromatic nitrogens is 3. The first-order chi connectivity index (χ1) is 6.43.